The second kappa shape index (κ2) is 13.8. The number of hydrogen-bond acceptors (Lipinski definition) is 0. The van der Waals surface area contributed by atoms with E-state index in [-0.39, 0.29) is 14.5 Å². The fraction of sp³-hybridized carbons (Fsp3) is 0. The summed E-state index contributed by atoms with van der Waals surface area (Å²) >= 11 is 0.144. The number of fused-ring (bicyclic) bond motifs is 12. The number of nitrogens with zero attached hydrogens (tertiary/aromatic N) is 3. The Labute approximate surface area is 374 Å². The molecule has 4 heteroatoms. The minimum absolute atomic E-state index is 0.144. The van der Waals surface area contributed by atoms with Crippen molar-refractivity contribution >= 4 is 99.2 Å². The van der Waals surface area contributed by atoms with Crippen LogP contribution in [0.1, 0.15) is 0 Å². The summed E-state index contributed by atoms with van der Waals surface area (Å²) in [5, 5.41) is 10.2. The van der Waals surface area contributed by atoms with Crippen LogP contribution < -0.4 is 0 Å². The minimum atomic E-state index is 0.144. The first-order chi connectivity index (χ1) is 31.8. The van der Waals surface area contributed by atoms with E-state index in [2.05, 4.69) is 238 Å². The quantitative estimate of drug-likeness (QED) is 0.153. The van der Waals surface area contributed by atoms with Gasteiger partial charge in [0.15, 0.2) is 0 Å². The molecule has 0 aliphatic rings. The molecule has 298 valence electrons. The second-order valence-electron chi connectivity index (χ2n) is 16.8. The molecule has 0 aliphatic heterocycles. The second-order valence-corrected chi connectivity index (χ2v) is 19.0. The maximum absolute atomic E-state index is 2.53. The Morgan fingerprint density at radius 3 is 1.31 bits per heavy atom. The van der Waals surface area contributed by atoms with Gasteiger partial charge in [-0.2, -0.15) is 0 Å². The van der Waals surface area contributed by atoms with Gasteiger partial charge in [-0.1, -0.05) is 42.5 Å². The molecular formula is C60H37N3Se. The van der Waals surface area contributed by atoms with E-state index in [1.807, 2.05) is 0 Å². The van der Waals surface area contributed by atoms with Gasteiger partial charge in [-0.3, -0.25) is 0 Å². The van der Waals surface area contributed by atoms with Gasteiger partial charge >= 0.3 is 290 Å². The molecular weight excluding hydrogens is 842 g/mol. The molecule has 0 amide bonds. The van der Waals surface area contributed by atoms with Crippen molar-refractivity contribution < 1.29 is 0 Å². The van der Waals surface area contributed by atoms with Gasteiger partial charge in [0.2, 0.25) is 0 Å². The average Bonchev–Trinajstić information content (AvgIpc) is 4.11. The molecule has 14 rings (SSSR count). The standard InChI is InChI=1S/C60H37N3Se/c1-2-16-38(17-3-1)41-18-4-5-19-42(41)47-32-35-57(59-48-24-10-15-29-58(48)64-60(47)59)63-54-28-14-9-23-46(54)50-37-40(31-34-56(50)63)62-53-27-13-8-22-45(53)49-36-39(30-33-55(49)62)61-51-25-11-6-20-43(51)44-21-7-12-26-52(44)61/h1-37H. The zero-order valence-electron chi connectivity index (χ0n) is 34.6. The van der Waals surface area contributed by atoms with Crippen molar-refractivity contribution in [1.82, 2.24) is 13.7 Å². The van der Waals surface area contributed by atoms with E-state index in [1.54, 1.807) is 0 Å². The predicted octanol–water partition coefficient (Wildman–Crippen LogP) is 15.7. The Morgan fingerprint density at radius 1 is 0.281 bits per heavy atom. The Balaban J connectivity index is 0.987. The first kappa shape index (κ1) is 35.7. The molecule has 4 aromatic heterocycles. The molecule has 64 heavy (non-hydrogen) atoms. The third kappa shape index (κ3) is 5.10. The molecule has 0 unspecified atom stereocenters. The summed E-state index contributed by atoms with van der Waals surface area (Å²) in [6.07, 6.45) is 0. The molecule has 3 nitrogen and oxygen atoms in total. The van der Waals surface area contributed by atoms with E-state index in [9.17, 15) is 0 Å². The number of aromatic nitrogens is 3. The fourth-order valence-electron chi connectivity index (χ4n) is 10.7. The van der Waals surface area contributed by atoms with Gasteiger partial charge in [0, 0.05) is 16.5 Å². The van der Waals surface area contributed by atoms with Crippen molar-refractivity contribution in [2.24, 2.45) is 0 Å². The molecule has 0 fully saturated rings. The van der Waals surface area contributed by atoms with Gasteiger partial charge in [0.05, 0.1) is 11.0 Å². The number of benzene rings is 10. The monoisotopic (exact) mass is 879 g/mol. The fourth-order valence-corrected chi connectivity index (χ4v) is 13.4. The van der Waals surface area contributed by atoms with E-state index in [1.165, 1.54) is 113 Å². The van der Waals surface area contributed by atoms with E-state index >= 15 is 0 Å². The average molecular weight is 879 g/mol. The van der Waals surface area contributed by atoms with Gasteiger partial charge in [-0.05, 0) is 12.1 Å². The molecule has 0 saturated heterocycles. The Morgan fingerprint density at radius 2 is 0.719 bits per heavy atom. The molecule has 0 bridgehead atoms. The summed E-state index contributed by atoms with van der Waals surface area (Å²) in [5.74, 6) is 0. The van der Waals surface area contributed by atoms with Crippen molar-refractivity contribution in [2.75, 3.05) is 0 Å². The van der Waals surface area contributed by atoms with Gasteiger partial charge in [-0.25, -0.2) is 0 Å². The van der Waals surface area contributed by atoms with Crippen molar-refractivity contribution in [2.45, 2.75) is 0 Å². The first-order valence-electron chi connectivity index (χ1n) is 21.9. The third-order valence-electron chi connectivity index (χ3n) is 13.5. The van der Waals surface area contributed by atoms with Crippen molar-refractivity contribution in [3.63, 3.8) is 0 Å². The maximum atomic E-state index is 2.53. The molecule has 10 aromatic carbocycles. The topological polar surface area (TPSA) is 14.8 Å². The van der Waals surface area contributed by atoms with Gasteiger partial charge in [-0.15, -0.1) is 0 Å². The van der Waals surface area contributed by atoms with Crippen molar-refractivity contribution in [1.29, 1.82) is 0 Å². The van der Waals surface area contributed by atoms with E-state index in [0.717, 1.165) is 11.4 Å². The third-order valence-corrected chi connectivity index (χ3v) is 16.0. The summed E-state index contributed by atoms with van der Waals surface area (Å²) in [6.45, 7) is 0. The van der Waals surface area contributed by atoms with Crippen LogP contribution in [0.4, 0.5) is 0 Å². The van der Waals surface area contributed by atoms with Crippen molar-refractivity contribution in [3.8, 4) is 39.3 Å². The number of rotatable bonds is 5. The number of para-hydroxylation sites is 4. The summed E-state index contributed by atoms with van der Waals surface area (Å²) in [7, 11) is 0. The van der Waals surface area contributed by atoms with E-state index < -0.39 is 0 Å². The van der Waals surface area contributed by atoms with Crippen LogP contribution in [0.25, 0.3) is 124 Å². The Kier molecular flexibility index (Phi) is 7.70. The zero-order chi connectivity index (χ0) is 41.9. The van der Waals surface area contributed by atoms with Crippen molar-refractivity contribution in [3.05, 3.63) is 224 Å². The van der Waals surface area contributed by atoms with E-state index in [4.69, 9.17) is 0 Å². The van der Waals surface area contributed by atoms with Crippen LogP contribution in [0.2, 0.25) is 0 Å². The van der Waals surface area contributed by atoms with Crippen LogP contribution in [0.15, 0.2) is 224 Å². The molecule has 0 N–H and O–H groups in total. The predicted molar refractivity (Wildman–Crippen MR) is 272 cm³/mol. The molecule has 4 heterocycles. The summed E-state index contributed by atoms with van der Waals surface area (Å²) < 4.78 is 10.3. The Hall–Kier alpha value is -7.88. The van der Waals surface area contributed by atoms with Crippen LogP contribution >= 0.6 is 0 Å². The molecule has 0 aliphatic carbocycles. The zero-order valence-corrected chi connectivity index (χ0v) is 36.3. The van der Waals surface area contributed by atoms with Gasteiger partial charge in [0.1, 0.15) is 0 Å². The summed E-state index contributed by atoms with van der Waals surface area (Å²) in [5.41, 5.74) is 15.9. The van der Waals surface area contributed by atoms with Crippen LogP contribution in [-0.2, 0) is 0 Å². The van der Waals surface area contributed by atoms with Crippen LogP contribution in [0.3, 0.4) is 0 Å². The van der Waals surface area contributed by atoms with Gasteiger partial charge in [0.25, 0.3) is 0 Å². The molecule has 0 atom stereocenters. The molecule has 14 aromatic rings. The van der Waals surface area contributed by atoms with Crippen LogP contribution in [0, 0.1) is 0 Å². The molecule has 0 spiro atoms. The van der Waals surface area contributed by atoms with E-state index in [0.29, 0.717) is 0 Å². The molecule has 0 radical (unpaired) electrons. The first-order valence-corrected chi connectivity index (χ1v) is 23.6. The summed E-state index contributed by atoms with van der Waals surface area (Å²) in [6, 6.07) is 83.0. The van der Waals surface area contributed by atoms with Gasteiger partial charge < -0.3 is 4.57 Å². The Bertz CT molecular complexity index is 4140. The number of hydrogen-bond donors (Lipinski definition) is 0. The van der Waals surface area contributed by atoms with Crippen LogP contribution in [0.5, 0.6) is 0 Å². The summed E-state index contributed by atoms with van der Waals surface area (Å²) in [4.78, 5) is 0. The van der Waals surface area contributed by atoms with Crippen LogP contribution in [-0.4, -0.2) is 28.2 Å². The molecule has 0 saturated carbocycles. The normalized spacial score (nSPS) is 12.1. The SMILES string of the molecule is c1ccc(-c2ccccc2-c2ccc(-n3c4ccccc4c4cc(-n5c6ccccc6c6cc(-n7c8ccccc8c8ccccc87)ccc65)ccc43)c3c2[se]c2ccccc23)cc1.